The first-order chi connectivity index (χ1) is 11.9. The lowest BCUT2D eigenvalue weighted by Crippen LogP contribution is -2.33. The molecule has 0 aliphatic carbocycles. The van der Waals surface area contributed by atoms with Crippen LogP contribution in [0.3, 0.4) is 0 Å². The number of benzene rings is 2. The smallest absolute Gasteiger partial charge is 0.225 e. The number of para-hydroxylation sites is 2. The number of hydrogen-bond acceptors (Lipinski definition) is 2. The Morgan fingerprint density at radius 3 is 2.72 bits per heavy atom. The molecule has 4 nitrogen and oxygen atoms in total. The summed E-state index contributed by atoms with van der Waals surface area (Å²) in [6.45, 7) is 4.07. The van der Waals surface area contributed by atoms with Gasteiger partial charge in [0.05, 0.1) is 28.0 Å². The van der Waals surface area contributed by atoms with Crippen LogP contribution >= 0.6 is 15.9 Å². The van der Waals surface area contributed by atoms with Crippen molar-refractivity contribution in [1.29, 1.82) is 0 Å². The Kier molecular flexibility index (Phi) is 5.18. The fourth-order valence-electron chi connectivity index (χ4n) is 2.73. The molecule has 1 amide bonds. The summed E-state index contributed by atoms with van der Waals surface area (Å²) in [6, 6.07) is 12.1. The largest absolute Gasteiger partial charge is 0.346 e. The van der Waals surface area contributed by atoms with E-state index in [0.717, 1.165) is 22.4 Å². The predicted molar refractivity (Wildman–Crippen MR) is 99.6 cm³/mol. The Hall–Kier alpha value is -2.21. The molecule has 0 bridgehead atoms. The summed E-state index contributed by atoms with van der Waals surface area (Å²) in [4.78, 5) is 20.3. The van der Waals surface area contributed by atoms with E-state index in [2.05, 4.69) is 31.2 Å². The number of aromatic nitrogens is 2. The maximum atomic E-state index is 13.3. The quantitative estimate of drug-likeness (QED) is 0.657. The van der Waals surface area contributed by atoms with E-state index in [9.17, 15) is 9.18 Å². The molecule has 0 fully saturated rings. The number of amides is 1. The van der Waals surface area contributed by atoms with Crippen LogP contribution in [0.15, 0.2) is 46.9 Å². The maximum Gasteiger partial charge on any atom is 0.225 e. The number of rotatable bonds is 5. The first-order valence-corrected chi connectivity index (χ1v) is 8.91. The van der Waals surface area contributed by atoms with E-state index < -0.39 is 0 Å². The molecule has 0 spiro atoms. The fourth-order valence-corrected chi connectivity index (χ4v) is 3.16. The van der Waals surface area contributed by atoms with Crippen molar-refractivity contribution >= 4 is 32.9 Å². The molecule has 3 aromatic rings. The Bertz CT molecular complexity index is 874. The first kappa shape index (κ1) is 17.6. The number of carbonyl (C=O) groups is 1. The molecule has 0 radical (unpaired) electrons. The Balaban J connectivity index is 1.77. The van der Waals surface area contributed by atoms with Gasteiger partial charge in [0.2, 0.25) is 5.91 Å². The average Bonchev–Trinajstić information content (AvgIpc) is 2.99. The van der Waals surface area contributed by atoms with Gasteiger partial charge in [-0.2, -0.15) is 0 Å². The van der Waals surface area contributed by atoms with Crippen molar-refractivity contribution in [2.24, 2.45) is 5.92 Å². The van der Waals surface area contributed by atoms with Gasteiger partial charge in [0.15, 0.2) is 0 Å². The van der Waals surface area contributed by atoms with Crippen LogP contribution in [0.2, 0.25) is 0 Å². The lowest BCUT2D eigenvalue weighted by molar-refractivity contribution is -0.121. The lowest BCUT2D eigenvalue weighted by Gasteiger charge is -2.20. The van der Waals surface area contributed by atoms with E-state index in [1.165, 1.54) is 6.07 Å². The van der Waals surface area contributed by atoms with E-state index in [0.29, 0.717) is 4.47 Å². The molecular weight excluding hydrogens is 385 g/mol. The first-order valence-electron chi connectivity index (χ1n) is 8.12. The molecule has 3 rings (SSSR count). The van der Waals surface area contributed by atoms with Crippen LogP contribution in [0.5, 0.6) is 0 Å². The number of nitrogens with one attached hydrogen (secondary N) is 2. The molecule has 1 unspecified atom stereocenters. The summed E-state index contributed by atoms with van der Waals surface area (Å²) in [6.07, 6.45) is 0.183. The molecule has 25 heavy (non-hydrogen) atoms. The van der Waals surface area contributed by atoms with Gasteiger partial charge in [-0.1, -0.05) is 32.0 Å². The van der Waals surface area contributed by atoms with Crippen LogP contribution in [0, 0.1) is 11.7 Å². The number of nitrogens with zero attached hydrogens (tertiary/aromatic N) is 1. The summed E-state index contributed by atoms with van der Waals surface area (Å²) in [5, 5.41) is 3.03. The molecule has 2 aromatic carbocycles. The number of fused-ring (bicyclic) bond motifs is 1. The van der Waals surface area contributed by atoms with Crippen LogP contribution in [-0.4, -0.2) is 15.9 Å². The predicted octanol–water partition coefficient (Wildman–Crippen LogP) is 4.52. The van der Waals surface area contributed by atoms with Crippen LogP contribution < -0.4 is 5.32 Å². The Labute approximate surface area is 154 Å². The molecular formula is C19H19BrFN3O. The molecule has 0 saturated carbocycles. The maximum absolute atomic E-state index is 13.3. The third-order valence-corrected chi connectivity index (χ3v) is 4.64. The van der Waals surface area contributed by atoms with Gasteiger partial charge in [0.25, 0.3) is 0 Å². The van der Waals surface area contributed by atoms with E-state index in [1.54, 1.807) is 12.1 Å². The highest BCUT2D eigenvalue weighted by atomic mass is 79.9. The monoisotopic (exact) mass is 403 g/mol. The minimum absolute atomic E-state index is 0.127. The number of H-pyrrole nitrogens is 1. The summed E-state index contributed by atoms with van der Waals surface area (Å²) >= 11 is 3.14. The zero-order valence-electron chi connectivity index (χ0n) is 14.0. The van der Waals surface area contributed by atoms with Crippen molar-refractivity contribution < 1.29 is 9.18 Å². The van der Waals surface area contributed by atoms with Crippen molar-refractivity contribution in [1.82, 2.24) is 15.3 Å². The van der Waals surface area contributed by atoms with Gasteiger partial charge in [-0.05, 0) is 51.7 Å². The molecule has 0 saturated heterocycles. The summed E-state index contributed by atoms with van der Waals surface area (Å²) in [5.41, 5.74) is 2.57. The molecule has 1 atom stereocenters. The molecule has 2 N–H and O–H groups in total. The van der Waals surface area contributed by atoms with Gasteiger partial charge >= 0.3 is 0 Å². The third kappa shape index (κ3) is 4.07. The van der Waals surface area contributed by atoms with Gasteiger partial charge in [-0.3, -0.25) is 4.79 Å². The standard InChI is InChI=1S/C19H19BrFN3O/c1-11(2)18(19-22-15-5-3-4-6-16(15)23-19)24-17(25)10-12-7-8-14(21)13(20)9-12/h3-9,11,18H,10H2,1-2H3,(H,22,23)(H,24,25). The topological polar surface area (TPSA) is 57.8 Å². The van der Waals surface area contributed by atoms with Gasteiger partial charge in [-0.25, -0.2) is 9.37 Å². The highest BCUT2D eigenvalue weighted by Crippen LogP contribution is 2.23. The van der Waals surface area contributed by atoms with Gasteiger partial charge in [-0.15, -0.1) is 0 Å². The third-order valence-electron chi connectivity index (χ3n) is 4.03. The zero-order valence-corrected chi connectivity index (χ0v) is 15.6. The van der Waals surface area contributed by atoms with E-state index in [1.807, 2.05) is 38.1 Å². The molecule has 0 aliphatic heterocycles. The fraction of sp³-hybridized carbons (Fsp3) is 0.263. The van der Waals surface area contributed by atoms with Gasteiger partial charge in [0.1, 0.15) is 11.6 Å². The molecule has 6 heteroatoms. The zero-order chi connectivity index (χ0) is 18.0. The molecule has 0 aliphatic rings. The van der Waals surface area contributed by atoms with Crippen LogP contribution in [-0.2, 0) is 11.2 Å². The second-order valence-corrected chi connectivity index (χ2v) is 7.21. The number of carbonyl (C=O) groups excluding carboxylic acids is 1. The SMILES string of the molecule is CC(C)C(NC(=O)Cc1ccc(F)c(Br)c1)c1nc2ccccc2[nH]1. The number of aromatic amines is 1. The highest BCUT2D eigenvalue weighted by molar-refractivity contribution is 9.10. The molecule has 1 heterocycles. The lowest BCUT2D eigenvalue weighted by atomic mass is 10.0. The van der Waals surface area contributed by atoms with Crippen LogP contribution in [0.1, 0.15) is 31.3 Å². The number of imidazole rings is 1. The Morgan fingerprint density at radius 2 is 2.04 bits per heavy atom. The van der Waals surface area contributed by atoms with Crippen molar-refractivity contribution in [3.05, 3.63) is 64.1 Å². The molecule has 1 aromatic heterocycles. The van der Waals surface area contributed by atoms with Gasteiger partial charge in [0, 0.05) is 0 Å². The summed E-state index contributed by atoms with van der Waals surface area (Å²) < 4.78 is 13.7. The number of halogens is 2. The van der Waals surface area contributed by atoms with E-state index >= 15 is 0 Å². The Morgan fingerprint density at radius 1 is 1.28 bits per heavy atom. The normalized spacial score (nSPS) is 12.5. The minimum Gasteiger partial charge on any atom is -0.346 e. The molecule has 130 valence electrons. The second-order valence-electron chi connectivity index (χ2n) is 6.35. The minimum atomic E-state index is -0.341. The average molecular weight is 404 g/mol. The van der Waals surface area contributed by atoms with Crippen molar-refractivity contribution in [2.75, 3.05) is 0 Å². The van der Waals surface area contributed by atoms with E-state index in [4.69, 9.17) is 0 Å². The second kappa shape index (κ2) is 7.35. The number of hydrogen-bond donors (Lipinski definition) is 2. The van der Waals surface area contributed by atoms with Gasteiger partial charge < -0.3 is 10.3 Å². The van der Waals surface area contributed by atoms with E-state index in [-0.39, 0.29) is 30.1 Å². The summed E-state index contributed by atoms with van der Waals surface area (Å²) in [7, 11) is 0. The van der Waals surface area contributed by atoms with Crippen LogP contribution in [0.25, 0.3) is 11.0 Å². The van der Waals surface area contributed by atoms with Crippen molar-refractivity contribution in [3.8, 4) is 0 Å². The summed E-state index contributed by atoms with van der Waals surface area (Å²) in [5.74, 6) is 0.443. The highest BCUT2D eigenvalue weighted by Gasteiger charge is 2.22. The van der Waals surface area contributed by atoms with Crippen molar-refractivity contribution in [3.63, 3.8) is 0 Å². The van der Waals surface area contributed by atoms with Crippen molar-refractivity contribution in [2.45, 2.75) is 26.3 Å². The van der Waals surface area contributed by atoms with Crippen LogP contribution in [0.4, 0.5) is 4.39 Å².